The lowest BCUT2D eigenvalue weighted by Gasteiger charge is -2.23. The van der Waals surface area contributed by atoms with Gasteiger partial charge in [-0.2, -0.15) is 0 Å². The van der Waals surface area contributed by atoms with Crippen LogP contribution in [0, 0.1) is 0 Å². The molecule has 0 aromatic heterocycles. The molecule has 0 aliphatic carbocycles. The molecule has 0 radical (unpaired) electrons. The first-order valence-corrected chi connectivity index (χ1v) is 6.69. The van der Waals surface area contributed by atoms with Crippen molar-refractivity contribution in [2.24, 2.45) is 0 Å². The number of hydrogen-bond acceptors (Lipinski definition) is 3. The fourth-order valence-electron chi connectivity index (χ4n) is 2.30. The summed E-state index contributed by atoms with van der Waals surface area (Å²) in [5, 5.41) is 10.1. The summed E-state index contributed by atoms with van der Waals surface area (Å²) in [5.74, 6) is 0. The zero-order valence-corrected chi connectivity index (χ0v) is 10.7. The van der Waals surface area contributed by atoms with Crippen LogP contribution in [0.3, 0.4) is 0 Å². The highest BCUT2D eigenvalue weighted by Crippen LogP contribution is 2.20. The molecule has 0 bridgehead atoms. The molecule has 1 saturated heterocycles. The fraction of sp³-hybridized carbons (Fsp3) is 1.00. The molecule has 3 heteroatoms. The van der Waals surface area contributed by atoms with Crippen LogP contribution in [-0.2, 0) is 9.47 Å². The summed E-state index contributed by atoms with van der Waals surface area (Å²) in [6, 6.07) is 0. The molecular formula is C13H26O3. The Labute approximate surface area is 99.1 Å². The Morgan fingerprint density at radius 3 is 2.75 bits per heavy atom. The quantitative estimate of drug-likeness (QED) is 0.696. The van der Waals surface area contributed by atoms with Crippen molar-refractivity contribution in [2.45, 2.75) is 70.7 Å². The minimum atomic E-state index is -0.330. The first-order valence-electron chi connectivity index (χ1n) is 6.69. The molecule has 0 saturated carbocycles. The van der Waals surface area contributed by atoms with Gasteiger partial charge in [0.05, 0.1) is 18.3 Å². The molecule has 0 amide bonds. The highest BCUT2D eigenvalue weighted by Gasteiger charge is 2.22. The maximum atomic E-state index is 10.1. The average Bonchev–Trinajstić information content (AvgIpc) is 2.78. The molecule has 1 fully saturated rings. The summed E-state index contributed by atoms with van der Waals surface area (Å²) in [4.78, 5) is 0. The van der Waals surface area contributed by atoms with E-state index < -0.39 is 0 Å². The van der Waals surface area contributed by atoms with Gasteiger partial charge in [-0.05, 0) is 39.0 Å². The molecule has 0 aromatic carbocycles. The topological polar surface area (TPSA) is 38.7 Å². The van der Waals surface area contributed by atoms with Crippen molar-refractivity contribution in [3.8, 4) is 0 Å². The molecule has 0 aromatic rings. The van der Waals surface area contributed by atoms with Crippen LogP contribution >= 0.6 is 0 Å². The van der Waals surface area contributed by atoms with Gasteiger partial charge in [-0.3, -0.25) is 0 Å². The van der Waals surface area contributed by atoms with Gasteiger partial charge in [0.15, 0.2) is 0 Å². The lowest BCUT2D eigenvalue weighted by atomic mass is 10.0. The van der Waals surface area contributed by atoms with E-state index in [2.05, 4.69) is 6.92 Å². The van der Waals surface area contributed by atoms with E-state index in [1.165, 1.54) is 6.42 Å². The molecule has 1 rings (SSSR count). The molecule has 3 unspecified atom stereocenters. The number of aliphatic hydroxyl groups is 1. The van der Waals surface area contributed by atoms with E-state index in [1.807, 2.05) is 6.92 Å². The van der Waals surface area contributed by atoms with Gasteiger partial charge in [-0.1, -0.05) is 13.3 Å². The molecule has 0 spiro atoms. The average molecular weight is 230 g/mol. The minimum Gasteiger partial charge on any atom is -0.390 e. The number of ether oxygens (including phenoxy) is 2. The van der Waals surface area contributed by atoms with Crippen LogP contribution in [0.1, 0.15) is 52.4 Å². The first-order chi connectivity index (χ1) is 7.77. The molecular weight excluding hydrogens is 204 g/mol. The van der Waals surface area contributed by atoms with Gasteiger partial charge < -0.3 is 14.6 Å². The van der Waals surface area contributed by atoms with E-state index in [4.69, 9.17) is 9.47 Å². The van der Waals surface area contributed by atoms with Crippen LogP contribution in [0.15, 0.2) is 0 Å². The van der Waals surface area contributed by atoms with Crippen molar-refractivity contribution in [2.75, 3.05) is 13.2 Å². The Balaban J connectivity index is 2.21. The standard InChI is InChI=1S/C13H26O3/c1-3-6-13(15-4-2)12(14)9-8-11-7-5-10-16-11/h11-14H,3-10H2,1-2H3. The van der Waals surface area contributed by atoms with E-state index in [1.54, 1.807) is 0 Å². The monoisotopic (exact) mass is 230 g/mol. The second-order valence-corrected chi connectivity index (χ2v) is 4.56. The number of aliphatic hydroxyl groups excluding tert-OH is 1. The molecule has 1 N–H and O–H groups in total. The molecule has 96 valence electrons. The smallest absolute Gasteiger partial charge is 0.0833 e. The predicted octanol–water partition coefficient (Wildman–Crippen LogP) is 2.51. The Hall–Kier alpha value is -0.120. The SMILES string of the molecule is CCCC(OCC)C(O)CCC1CCCO1. The predicted molar refractivity (Wildman–Crippen MR) is 64.5 cm³/mol. The van der Waals surface area contributed by atoms with E-state index in [0.717, 1.165) is 38.7 Å². The zero-order chi connectivity index (χ0) is 11.8. The van der Waals surface area contributed by atoms with Crippen LogP contribution in [0.5, 0.6) is 0 Å². The molecule has 16 heavy (non-hydrogen) atoms. The van der Waals surface area contributed by atoms with E-state index in [9.17, 15) is 5.11 Å². The third kappa shape index (κ3) is 4.81. The summed E-state index contributed by atoms with van der Waals surface area (Å²) >= 11 is 0. The second-order valence-electron chi connectivity index (χ2n) is 4.56. The van der Waals surface area contributed by atoms with Gasteiger partial charge in [0.1, 0.15) is 0 Å². The van der Waals surface area contributed by atoms with Crippen LogP contribution in [0.2, 0.25) is 0 Å². The Bertz CT molecular complexity index is 161. The van der Waals surface area contributed by atoms with Crippen LogP contribution in [0.4, 0.5) is 0 Å². The third-order valence-corrected chi connectivity index (χ3v) is 3.19. The maximum Gasteiger partial charge on any atom is 0.0833 e. The highest BCUT2D eigenvalue weighted by molar-refractivity contribution is 4.73. The summed E-state index contributed by atoms with van der Waals surface area (Å²) < 4.78 is 11.1. The molecule has 3 atom stereocenters. The van der Waals surface area contributed by atoms with Gasteiger partial charge in [0.2, 0.25) is 0 Å². The van der Waals surface area contributed by atoms with Crippen LogP contribution in [0.25, 0.3) is 0 Å². The van der Waals surface area contributed by atoms with Crippen molar-refractivity contribution in [3.63, 3.8) is 0 Å². The van der Waals surface area contributed by atoms with Crippen molar-refractivity contribution < 1.29 is 14.6 Å². The molecule has 3 nitrogen and oxygen atoms in total. The third-order valence-electron chi connectivity index (χ3n) is 3.19. The highest BCUT2D eigenvalue weighted by atomic mass is 16.5. The largest absolute Gasteiger partial charge is 0.390 e. The summed E-state index contributed by atoms with van der Waals surface area (Å²) in [7, 11) is 0. The van der Waals surface area contributed by atoms with Crippen molar-refractivity contribution in [1.29, 1.82) is 0 Å². The van der Waals surface area contributed by atoms with Crippen molar-refractivity contribution >= 4 is 0 Å². The fourth-order valence-corrected chi connectivity index (χ4v) is 2.30. The molecule has 1 aliphatic rings. The van der Waals surface area contributed by atoms with Crippen molar-refractivity contribution in [3.05, 3.63) is 0 Å². The zero-order valence-electron chi connectivity index (χ0n) is 10.7. The summed E-state index contributed by atoms with van der Waals surface area (Å²) in [6.07, 6.45) is 6.15. The summed E-state index contributed by atoms with van der Waals surface area (Å²) in [6.45, 7) is 5.68. The summed E-state index contributed by atoms with van der Waals surface area (Å²) in [5.41, 5.74) is 0. The van der Waals surface area contributed by atoms with Gasteiger partial charge >= 0.3 is 0 Å². The molecule has 1 heterocycles. The van der Waals surface area contributed by atoms with E-state index in [0.29, 0.717) is 12.7 Å². The van der Waals surface area contributed by atoms with Crippen LogP contribution < -0.4 is 0 Å². The normalized spacial score (nSPS) is 24.6. The van der Waals surface area contributed by atoms with Gasteiger partial charge in [-0.25, -0.2) is 0 Å². The van der Waals surface area contributed by atoms with Crippen molar-refractivity contribution in [1.82, 2.24) is 0 Å². The minimum absolute atomic E-state index is 0.0106. The second kappa shape index (κ2) is 8.04. The lowest BCUT2D eigenvalue weighted by molar-refractivity contribution is -0.0452. The van der Waals surface area contributed by atoms with Crippen LogP contribution in [-0.4, -0.2) is 36.6 Å². The Morgan fingerprint density at radius 1 is 1.38 bits per heavy atom. The molecule has 1 aliphatic heterocycles. The Kier molecular flexibility index (Phi) is 7.01. The number of rotatable bonds is 8. The van der Waals surface area contributed by atoms with E-state index in [-0.39, 0.29) is 12.2 Å². The van der Waals surface area contributed by atoms with E-state index >= 15 is 0 Å². The maximum absolute atomic E-state index is 10.1. The van der Waals surface area contributed by atoms with Gasteiger partial charge in [0, 0.05) is 13.2 Å². The first kappa shape index (κ1) is 13.9. The van der Waals surface area contributed by atoms with Gasteiger partial charge in [-0.15, -0.1) is 0 Å². The lowest BCUT2D eigenvalue weighted by Crippen LogP contribution is -2.30. The van der Waals surface area contributed by atoms with Gasteiger partial charge in [0.25, 0.3) is 0 Å². The Morgan fingerprint density at radius 2 is 2.19 bits per heavy atom. The number of hydrogen-bond donors (Lipinski definition) is 1.